The Morgan fingerprint density at radius 2 is 1.59 bits per heavy atom. The molecule has 0 aromatic heterocycles. The van der Waals surface area contributed by atoms with Crippen LogP contribution in [0, 0.1) is 0 Å². The van der Waals surface area contributed by atoms with Gasteiger partial charge in [-0.1, -0.05) is 30.4 Å². The number of ether oxygens (including phenoxy) is 1. The molecule has 0 saturated carbocycles. The van der Waals surface area contributed by atoms with Gasteiger partial charge in [-0.2, -0.15) is 8.42 Å². The van der Waals surface area contributed by atoms with Crippen LogP contribution in [0.3, 0.4) is 0 Å². The van der Waals surface area contributed by atoms with Crippen LogP contribution in [0.15, 0.2) is 60.5 Å². The molecule has 1 rings (SSSR count). The molecule has 0 amide bonds. The summed E-state index contributed by atoms with van der Waals surface area (Å²) in [5, 5.41) is 0. The van der Waals surface area contributed by atoms with Crippen molar-refractivity contribution in [3.63, 3.8) is 0 Å². The van der Waals surface area contributed by atoms with Crippen molar-refractivity contribution < 1.29 is 17.7 Å². The van der Waals surface area contributed by atoms with Crippen LogP contribution in [0.5, 0.6) is 0 Å². The molecule has 0 saturated heterocycles. The molecular formula is C12H16O4S. The number of rotatable bonds is 5. The van der Waals surface area contributed by atoms with Gasteiger partial charge >= 0.3 is 0 Å². The van der Waals surface area contributed by atoms with Crippen LogP contribution in [-0.2, 0) is 14.9 Å². The molecule has 17 heavy (non-hydrogen) atoms. The van der Waals surface area contributed by atoms with E-state index in [1.54, 1.807) is 30.4 Å². The quantitative estimate of drug-likeness (QED) is 0.499. The van der Waals surface area contributed by atoms with Gasteiger partial charge in [-0.25, -0.2) is 0 Å². The van der Waals surface area contributed by atoms with E-state index in [9.17, 15) is 8.42 Å². The van der Waals surface area contributed by atoms with Gasteiger partial charge in [0.25, 0.3) is 10.1 Å². The summed E-state index contributed by atoms with van der Waals surface area (Å²) in [5.41, 5.74) is 0. The van der Waals surface area contributed by atoms with Gasteiger partial charge < -0.3 is 4.74 Å². The molecule has 0 unspecified atom stereocenters. The second kappa shape index (κ2) is 8.69. The largest absolute Gasteiger partial charge is 0.373 e. The van der Waals surface area contributed by atoms with Crippen LogP contribution in [0.1, 0.15) is 0 Å². The number of hydrogen-bond acceptors (Lipinski definition) is 3. The van der Waals surface area contributed by atoms with Crippen LogP contribution in [-0.4, -0.2) is 26.2 Å². The summed E-state index contributed by atoms with van der Waals surface area (Å²) in [7, 11) is -4.00. The van der Waals surface area contributed by atoms with E-state index in [4.69, 9.17) is 9.29 Å². The fourth-order valence-corrected chi connectivity index (χ4v) is 1.33. The molecule has 94 valence electrons. The van der Waals surface area contributed by atoms with E-state index >= 15 is 0 Å². The molecule has 4 nitrogen and oxygen atoms in total. The highest BCUT2D eigenvalue weighted by Gasteiger charge is 2.05. The zero-order valence-electron chi connectivity index (χ0n) is 9.45. The van der Waals surface area contributed by atoms with Crippen LogP contribution in [0.25, 0.3) is 0 Å². The summed E-state index contributed by atoms with van der Waals surface area (Å²) in [6, 6.07) is 7.42. The highest BCUT2D eigenvalue weighted by atomic mass is 32.2. The minimum atomic E-state index is -4.00. The van der Waals surface area contributed by atoms with E-state index in [0.717, 1.165) is 0 Å². The fourth-order valence-electron chi connectivity index (χ4n) is 0.827. The SMILES string of the molecule is C=CCOCC=C.O=S(=O)(O)c1ccccc1. The zero-order chi connectivity index (χ0) is 13.1. The molecule has 1 N–H and O–H groups in total. The lowest BCUT2D eigenvalue weighted by Gasteiger charge is -1.92. The van der Waals surface area contributed by atoms with E-state index in [1.165, 1.54) is 12.1 Å². The molecule has 0 fully saturated rings. The first-order chi connectivity index (χ1) is 8.02. The van der Waals surface area contributed by atoms with Crippen LogP contribution < -0.4 is 0 Å². The van der Waals surface area contributed by atoms with Gasteiger partial charge in [0.2, 0.25) is 0 Å². The molecule has 5 heteroatoms. The summed E-state index contributed by atoms with van der Waals surface area (Å²) in [4.78, 5) is -0.0741. The van der Waals surface area contributed by atoms with Gasteiger partial charge in [0.15, 0.2) is 0 Å². The molecule has 0 bridgehead atoms. The Kier molecular flexibility index (Phi) is 7.96. The molecule has 0 aliphatic carbocycles. The first-order valence-electron chi connectivity index (χ1n) is 4.84. The average molecular weight is 256 g/mol. The Hall–Kier alpha value is -1.43. The lowest BCUT2D eigenvalue weighted by molar-refractivity contribution is 0.194. The van der Waals surface area contributed by atoms with E-state index in [2.05, 4.69) is 13.2 Å². The van der Waals surface area contributed by atoms with Gasteiger partial charge in [-0.3, -0.25) is 4.55 Å². The van der Waals surface area contributed by atoms with Crippen molar-refractivity contribution in [2.24, 2.45) is 0 Å². The van der Waals surface area contributed by atoms with Crippen molar-refractivity contribution in [3.8, 4) is 0 Å². The molecule has 0 spiro atoms. The van der Waals surface area contributed by atoms with E-state index in [1.807, 2.05) is 0 Å². The Bertz CT molecular complexity index is 415. The summed E-state index contributed by atoms with van der Waals surface area (Å²) in [5.74, 6) is 0. The van der Waals surface area contributed by atoms with Gasteiger partial charge in [0, 0.05) is 0 Å². The third kappa shape index (κ3) is 8.38. The van der Waals surface area contributed by atoms with Crippen LogP contribution in [0.4, 0.5) is 0 Å². The molecule has 0 radical (unpaired) electrons. The van der Waals surface area contributed by atoms with Crippen molar-refractivity contribution in [1.82, 2.24) is 0 Å². The van der Waals surface area contributed by atoms with Gasteiger partial charge in [0.1, 0.15) is 0 Å². The Labute approximate surface area is 102 Å². The minimum absolute atomic E-state index is 0.0741. The summed E-state index contributed by atoms with van der Waals surface area (Å²) >= 11 is 0. The average Bonchev–Trinajstić information content (AvgIpc) is 2.31. The van der Waals surface area contributed by atoms with Crippen molar-refractivity contribution in [2.45, 2.75) is 4.90 Å². The summed E-state index contributed by atoms with van der Waals surface area (Å²) < 4.78 is 34.1. The number of benzene rings is 1. The second-order valence-electron chi connectivity index (χ2n) is 2.90. The van der Waals surface area contributed by atoms with E-state index in [0.29, 0.717) is 13.2 Å². The fraction of sp³-hybridized carbons (Fsp3) is 0.167. The Morgan fingerprint density at radius 1 is 1.12 bits per heavy atom. The Balaban J connectivity index is 0.000000325. The van der Waals surface area contributed by atoms with Gasteiger partial charge in [0.05, 0.1) is 18.1 Å². The van der Waals surface area contributed by atoms with Gasteiger partial charge in [-0.05, 0) is 12.1 Å². The van der Waals surface area contributed by atoms with E-state index in [-0.39, 0.29) is 4.90 Å². The summed E-state index contributed by atoms with van der Waals surface area (Å²) in [6.07, 6.45) is 3.42. The predicted molar refractivity (Wildman–Crippen MR) is 67.5 cm³/mol. The smallest absolute Gasteiger partial charge is 0.294 e. The van der Waals surface area contributed by atoms with Crippen LogP contribution in [0.2, 0.25) is 0 Å². The molecular weight excluding hydrogens is 240 g/mol. The Morgan fingerprint density at radius 3 is 1.88 bits per heavy atom. The van der Waals surface area contributed by atoms with Crippen molar-refractivity contribution >= 4 is 10.1 Å². The first-order valence-corrected chi connectivity index (χ1v) is 6.28. The maximum Gasteiger partial charge on any atom is 0.294 e. The van der Waals surface area contributed by atoms with Crippen molar-refractivity contribution in [1.29, 1.82) is 0 Å². The molecule has 0 aliphatic heterocycles. The van der Waals surface area contributed by atoms with Crippen molar-refractivity contribution in [3.05, 3.63) is 55.6 Å². The molecule has 0 aliphatic rings. The molecule has 0 heterocycles. The molecule has 0 atom stereocenters. The highest BCUT2D eigenvalue weighted by molar-refractivity contribution is 7.85. The standard InChI is InChI=1S/C6H6O3S.C6H10O/c7-10(8,9)6-4-2-1-3-5-6;1-3-5-7-6-4-2/h1-5H,(H,7,8,9);3-4H,1-2,5-6H2. The number of hydrogen-bond donors (Lipinski definition) is 1. The van der Waals surface area contributed by atoms with Crippen molar-refractivity contribution in [2.75, 3.05) is 13.2 Å². The minimum Gasteiger partial charge on any atom is -0.373 e. The maximum atomic E-state index is 10.4. The monoisotopic (exact) mass is 256 g/mol. The molecule has 1 aromatic carbocycles. The zero-order valence-corrected chi connectivity index (χ0v) is 10.3. The first kappa shape index (κ1) is 15.6. The lowest BCUT2D eigenvalue weighted by Crippen LogP contribution is -1.96. The van der Waals surface area contributed by atoms with E-state index < -0.39 is 10.1 Å². The van der Waals surface area contributed by atoms with Crippen LogP contribution >= 0.6 is 0 Å². The topological polar surface area (TPSA) is 63.6 Å². The summed E-state index contributed by atoms with van der Waals surface area (Å²) in [6.45, 7) is 8.18. The third-order valence-electron chi connectivity index (χ3n) is 1.51. The third-order valence-corrected chi connectivity index (χ3v) is 2.38. The molecule has 1 aromatic rings. The van der Waals surface area contributed by atoms with Gasteiger partial charge in [-0.15, -0.1) is 13.2 Å². The normalized spacial score (nSPS) is 9.94. The predicted octanol–water partition coefficient (Wildman–Crippen LogP) is 2.31. The highest BCUT2D eigenvalue weighted by Crippen LogP contribution is 2.05. The second-order valence-corrected chi connectivity index (χ2v) is 4.32. The maximum absolute atomic E-state index is 10.4. The lowest BCUT2D eigenvalue weighted by atomic mass is 10.4.